The van der Waals surface area contributed by atoms with Gasteiger partial charge in [0.05, 0.1) is 11.4 Å². The highest BCUT2D eigenvalue weighted by Gasteiger charge is 2.26. The first-order valence-electron chi connectivity index (χ1n) is 14.1. The fourth-order valence-electron chi connectivity index (χ4n) is 4.09. The highest BCUT2D eigenvalue weighted by atomic mass is 16.6. The van der Waals surface area contributed by atoms with E-state index >= 15 is 0 Å². The minimum absolute atomic E-state index is 0.342. The lowest BCUT2D eigenvalue weighted by Gasteiger charge is -2.36. The van der Waals surface area contributed by atoms with Gasteiger partial charge in [0, 0.05) is 44.1 Å². The van der Waals surface area contributed by atoms with Crippen LogP contribution < -0.4 is 10.6 Å². The number of anilines is 2. The van der Waals surface area contributed by atoms with Gasteiger partial charge in [-0.3, -0.25) is 15.1 Å². The molecule has 0 atom stereocenters. The van der Waals surface area contributed by atoms with Crippen molar-refractivity contribution in [2.75, 3.05) is 36.8 Å². The molecule has 0 aliphatic carbocycles. The van der Waals surface area contributed by atoms with Crippen molar-refractivity contribution in [2.45, 2.75) is 59.7 Å². The molecule has 0 saturated carbocycles. The molecule has 2 N–H and O–H groups in total. The molecule has 1 saturated heterocycles. The Labute approximate surface area is 253 Å². The second-order valence-electron chi connectivity index (χ2n) is 12.1. The third kappa shape index (κ3) is 10.3. The summed E-state index contributed by atoms with van der Waals surface area (Å²) in [5.41, 5.74) is 1.69. The minimum atomic E-state index is -0.685. The average Bonchev–Trinajstić information content (AvgIpc) is 2.93. The number of nitrogens with one attached hydrogen (secondary N) is 2. The first-order valence-corrected chi connectivity index (χ1v) is 14.1. The number of nitrogens with zero attached hydrogens (tertiary/aromatic N) is 4. The monoisotopic (exact) mass is 590 g/mol. The van der Waals surface area contributed by atoms with Crippen molar-refractivity contribution < 1.29 is 23.9 Å². The standard InChI is InChI=1S/C32H42N6O5/c1-22(9-12-27(33-8)37-17-19-38(20-18-37)30(41)43-32(5,6)7)28(39)35-26-21-24(23-13-15-34-16-14-23)10-11-25(26)36-29(40)42-31(2,3)4/h9-16,21H,8,17-20H2,1-7H3,(H,35,39)(H,36,40)/b22-9+,27-12+. The second kappa shape index (κ2) is 14.0. The number of allylic oxidation sites excluding steroid dienone is 2. The van der Waals surface area contributed by atoms with Crippen molar-refractivity contribution in [2.24, 2.45) is 4.99 Å². The second-order valence-corrected chi connectivity index (χ2v) is 12.1. The molecule has 3 amide bonds. The van der Waals surface area contributed by atoms with Gasteiger partial charge >= 0.3 is 12.2 Å². The van der Waals surface area contributed by atoms with Crippen LogP contribution >= 0.6 is 0 Å². The number of rotatable bonds is 7. The van der Waals surface area contributed by atoms with E-state index in [4.69, 9.17) is 9.47 Å². The summed E-state index contributed by atoms with van der Waals surface area (Å²) in [4.78, 5) is 50.0. The largest absolute Gasteiger partial charge is 0.444 e. The number of carbonyl (C=O) groups is 3. The Morgan fingerprint density at radius 2 is 1.44 bits per heavy atom. The van der Waals surface area contributed by atoms with Crippen molar-refractivity contribution in [3.8, 4) is 11.1 Å². The van der Waals surface area contributed by atoms with E-state index in [1.807, 2.05) is 43.9 Å². The van der Waals surface area contributed by atoms with Crippen LogP contribution in [0.15, 0.2) is 71.3 Å². The molecule has 230 valence electrons. The van der Waals surface area contributed by atoms with Gasteiger partial charge in [0.15, 0.2) is 0 Å². The highest BCUT2D eigenvalue weighted by molar-refractivity contribution is 6.06. The number of piperazine rings is 1. The van der Waals surface area contributed by atoms with E-state index in [1.54, 1.807) is 69.3 Å². The Morgan fingerprint density at radius 3 is 2.02 bits per heavy atom. The van der Waals surface area contributed by atoms with Crippen molar-refractivity contribution >= 4 is 36.2 Å². The average molecular weight is 591 g/mol. The predicted octanol–water partition coefficient (Wildman–Crippen LogP) is 6.08. The molecule has 0 bridgehead atoms. The number of hydrogen-bond acceptors (Lipinski definition) is 8. The number of ether oxygens (including phenoxy) is 2. The summed E-state index contributed by atoms with van der Waals surface area (Å²) in [6, 6.07) is 9.05. The minimum Gasteiger partial charge on any atom is -0.444 e. The number of aromatic nitrogens is 1. The van der Waals surface area contributed by atoms with E-state index < -0.39 is 17.3 Å². The quantitative estimate of drug-likeness (QED) is 0.228. The van der Waals surface area contributed by atoms with Gasteiger partial charge in [0.25, 0.3) is 5.91 Å². The van der Waals surface area contributed by atoms with Gasteiger partial charge in [0.2, 0.25) is 0 Å². The van der Waals surface area contributed by atoms with Crippen molar-refractivity contribution in [1.29, 1.82) is 0 Å². The summed E-state index contributed by atoms with van der Waals surface area (Å²) in [5.74, 6) is 0.219. The van der Waals surface area contributed by atoms with Gasteiger partial charge < -0.3 is 24.6 Å². The number of amides is 3. The number of pyridine rings is 1. The van der Waals surface area contributed by atoms with Crippen molar-refractivity contribution in [1.82, 2.24) is 14.8 Å². The molecule has 0 unspecified atom stereocenters. The van der Waals surface area contributed by atoms with E-state index in [0.29, 0.717) is 48.9 Å². The van der Waals surface area contributed by atoms with Crippen LogP contribution in [0.4, 0.5) is 21.0 Å². The van der Waals surface area contributed by atoms with E-state index in [-0.39, 0.29) is 12.0 Å². The lowest BCUT2D eigenvalue weighted by Crippen LogP contribution is -2.49. The Balaban J connectivity index is 1.75. The van der Waals surface area contributed by atoms with Crippen molar-refractivity contribution in [3.05, 3.63) is 66.3 Å². The van der Waals surface area contributed by atoms with Crippen LogP contribution in [0.2, 0.25) is 0 Å². The van der Waals surface area contributed by atoms with Crippen LogP contribution in [0.5, 0.6) is 0 Å². The molecule has 0 radical (unpaired) electrons. The summed E-state index contributed by atoms with van der Waals surface area (Å²) in [5, 5.41) is 5.64. The molecule has 2 heterocycles. The summed E-state index contributed by atoms with van der Waals surface area (Å²) in [6.45, 7) is 18.2. The summed E-state index contributed by atoms with van der Waals surface area (Å²) in [7, 11) is 0. The number of aliphatic imine (C=N–C) groups is 1. The van der Waals surface area contributed by atoms with Crippen LogP contribution in [-0.4, -0.2) is 77.0 Å². The van der Waals surface area contributed by atoms with E-state index in [0.717, 1.165) is 11.1 Å². The smallest absolute Gasteiger partial charge is 0.412 e. The molecule has 11 nitrogen and oxygen atoms in total. The van der Waals surface area contributed by atoms with Gasteiger partial charge in [-0.15, -0.1) is 0 Å². The summed E-state index contributed by atoms with van der Waals surface area (Å²) < 4.78 is 10.9. The Morgan fingerprint density at radius 1 is 0.837 bits per heavy atom. The number of carbonyl (C=O) groups excluding carboxylic acids is 3. The molecule has 0 spiro atoms. The third-order valence-electron chi connectivity index (χ3n) is 6.17. The first kappa shape index (κ1) is 32.8. The molecular formula is C32H42N6O5. The fraction of sp³-hybridized carbons (Fsp3) is 0.406. The number of hydrogen-bond donors (Lipinski definition) is 2. The zero-order valence-corrected chi connectivity index (χ0v) is 26.1. The first-order chi connectivity index (χ1) is 20.1. The van der Waals surface area contributed by atoms with Crippen LogP contribution in [0.1, 0.15) is 48.5 Å². The fourth-order valence-corrected chi connectivity index (χ4v) is 4.09. The zero-order chi connectivity index (χ0) is 31.8. The molecule has 1 aliphatic heterocycles. The molecule has 1 fully saturated rings. The molecule has 43 heavy (non-hydrogen) atoms. The maximum absolute atomic E-state index is 13.3. The van der Waals surface area contributed by atoms with E-state index in [1.165, 1.54) is 0 Å². The van der Waals surface area contributed by atoms with Gasteiger partial charge in [0.1, 0.15) is 17.0 Å². The van der Waals surface area contributed by atoms with Crippen molar-refractivity contribution in [3.63, 3.8) is 0 Å². The Bertz CT molecular complexity index is 1380. The Kier molecular flexibility index (Phi) is 10.7. The molecule has 1 aliphatic rings. The van der Waals surface area contributed by atoms with Crippen LogP contribution in [0.25, 0.3) is 11.1 Å². The highest BCUT2D eigenvalue weighted by Crippen LogP contribution is 2.30. The summed E-state index contributed by atoms with van der Waals surface area (Å²) in [6.07, 6.45) is 5.77. The maximum atomic E-state index is 13.3. The predicted molar refractivity (Wildman–Crippen MR) is 169 cm³/mol. The summed E-state index contributed by atoms with van der Waals surface area (Å²) >= 11 is 0. The van der Waals surface area contributed by atoms with Crippen LogP contribution in [0.3, 0.4) is 0 Å². The van der Waals surface area contributed by atoms with Gasteiger partial charge in [-0.1, -0.05) is 12.1 Å². The molecule has 1 aromatic carbocycles. The third-order valence-corrected chi connectivity index (χ3v) is 6.17. The van der Waals surface area contributed by atoms with E-state index in [9.17, 15) is 14.4 Å². The topological polar surface area (TPSA) is 125 Å². The molecule has 11 heteroatoms. The van der Waals surface area contributed by atoms with Gasteiger partial charge in [-0.25, -0.2) is 14.6 Å². The molecule has 3 rings (SSSR count). The molecule has 2 aromatic rings. The lowest BCUT2D eigenvalue weighted by molar-refractivity contribution is -0.112. The maximum Gasteiger partial charge on any atom is 0.412 e. The normalized spacial score (nSPS) is 14.6. The van der Waals surface area contributed by atoms with Gasteiger partial charge in [-0.05, 0) is 96.7 Å². The Hall–Kier alpha value is -4.67. The molecular weight excluding hydrogens is 548 g/mol. The SMILES string of the molecule is C=N/C(=C\C=C(/C)C(=O)Nc1cc(-c2ccncc2)ccc1NC(=O)OC(C)(C)C)N1CCN(C(=O)OC(C)(C)C)CC1. The lowest BCUT2D eigenvalue weighted by atomic mass is 10.1. The molecule has 1 aromatic heterocycles. The van der Waals surface area contributed by atoms with Gasteiger partial charge in [-0.2, -0.15) is 0 Å². The van der Waals surface area contributed by atoms with Crippen LogP contribution in [-0.2, 0) is 14.3 Å². The number of benzene rings is 1. The van der Waals surface area contributed by atoms with E-state index in [2.05, 4.69) is 27.3 Å². The van der Waals surface area contributed by atoms with Crippen LogP contribution in [0, 0.1) is 0 Å². The zero-order valence-electron chi connectivity index (χ0n) is 26.1.